The van der Waals surface area contributed by atoms with Gasteiger partial charge in [0.25, 0.3) is 0 Å². The van der Waals surface area contributed by atoms with Gasteiger partial charge in [0.05, 0.1) is 18.1 Å². The summed E-state index contributed by atoms with van der Waals surface area (Å²) in [5.74, 6) is 0.593. The molecule has 0 aromatic heterocycles. The van der Waals surface area contributed by atoms with Crippen LogP contribution in [0.15, 0.2) is 29.3 Å². The summed E-state index contributed by atoms with van der Waals surface area (Å²) in [4.78, 5) is 16.8. The second kappa shape index (κ2) is 18.3. The van der Waals surface area contributed by atoms with Crippen LogP contribution in [0, 0.1) is 5.92 Å². The summed E-state index contributed by atoms with van der Waals surface area (Å²) in [7, 11) is 0. The maximum absolute atomic E-state index is 12.1. The van der Waals surface area contributed by atoms with Crippen molar-refractivity contribution in [3.05, 3.63) is 29.8 Å². The van der Waals surface area contributed by atoms with E-state index in [-0.39, 0.29) is 24.1 Å². The second-order valence-corrected chi connectivity index (χ2v) is 10.5. The van der Waals surface area contributed by atoms with Gasteiger partial charge in [-0.1, -0.05) is 64.5 Å². The highest BCUT2D eigenvalue weighted by atomic mass is 16.5. The molecule has 1 aliphatic rings. The van der Waals surface area contributed by atoms with E-state index in [0.717, 1.165) is 12.2 Å². The number of aliphatic imine (C=N–C) groups is 1. The molecular weight excluding hydrogens is 478 g/mol. The Morgan fingerprint density at radius 2 is 1.76 bits per heavy atom. The number of aryl methyl sites for hydroxylation is 1. The van der Waals surface area contributed by atoms with Gasteiger partial charge in [0, 0.05) is 38.8 Å². The number of carbonyl (C=O) groups is 1. The van der Waals surface area contributed by atoms with Gasteiger partial charge in [-0.3, -0.25) is 9.79 Å². The fraction of sp³-hybridized carbons (Fsp3) is 0.733. The minimum atomic E-state index is -0.464. The van der Waals surface area contributed by atoms with Gasteiger partial charge in [-0.2, -0.15) is 10.1 Å². The van der Waals surface area contributed by atoms with Crippen LogP contribution in [0.2, 0.25) is 0 Å². The van der Waals surface area contributed by atoms with Gasteiger partial charge in [-0.15, -0.1) is 0 Å². The zero-order valence-corrected chi connectivity index (χ0v) is 24.5. The molecule has 8 nitrogen and oxygen atoms in total. The van der Waals surface area contributed by atoms with Crippen LogP contribution >= 0.6 is 0 Å². The molecule has 1 aromatic rings. The monoisotopic (exact) mass is 531 g/mol. The third kappa shape index (κ3) is 11.8. The highest BCUT2D eigenvalue weighted by Crippen LogP contribution is 2.21. The first-order chi connectivity index (χ1) is 18.4. The van der Waals surface area contributed by atoms with E-state index >= 15 is 0 Å². The van der Waals surface area contributed by atoms with Crippen molar-refractivity contribution in [2.75, 3.05) is 26.2 Å². The van der Waals surface area contributed by atoms with Gasteiger partial charge in [0.2, 0.25) is 5.91 Å². The molecule has 0 radical (unpaired) electrons. The normalized spacial score (nSPS) is 19.4. The van der Waals surface area contributed by atoms with Crippen molar-refractivity contribution in [2.45, 2.75) is 111 Å². The Kier molecular flexibility index (Phi) is 15.5. The Morgan fingerprint density at radius 1 is 1.08 bits per heavy atom. The number of nitrogens with zero attached hydrogens (tertiary/aromatic N) is 3. The average molecular weight is 532 g/mol. The SMILES string of the molecule is CCCCCCCCCc1ccc(OC(CC2CNC(=O)C(C)C=N2)N(CC)N(CC)NCC(C)O)cc1. The first kappa shape index (κ1) is 32.2. The Balaban J connectivity index is 2.06. The zero-order valence-electron chi connectivity index (χ0n) is 24.5. The molecule has 0 saturated heterocycles. The summed E-state index contributed by atoms with van der Waals surface area (Å²) < 4.78 is 6.59. The molecule has 4 atom stereocenters. The van der Waals surface area contributed by atoms with E-state index in [9.17, 15) is 9.90 Å². The predicted molar refractivity (Wildman–Crippen MR) is 156 cm³/mol. The number of rotatable bonds is 19. The molecule has 1 aromatic carbocycles. The molecule has 216 valence electrons. The van der Waals surface area contributed by atoms with Crippen LogP contribution in [0.1, 0.15) is 91.5 Å². The van der Waals surface area contributed by atoms with Crippen LogP contribution in [-0.2, 0) is 11.2 Å². The van der Waals surface area contributed by atoms with Crippen molar-refractivity contribution in [1.82, 2.24) is 20.9 Å². The maximum Gasteiger partial charge on any atom is 0.228 e. The van der Waals surface area contributed by atoms with E-state index in [1.54, 1.807) is 13.1 Å². The van der Waals surface area contributed by atoms with Gasteiger partial charge in [-0.05, 0) is 51.3 Å². The predicted octanol–water partition coefficient (Wildman–Crippen LogP) is 4.72. The molecule has 1 amide bonds. The Bertz CT molecular complexity index is 802. The summed E-state index contributed by atoms with van der Waals surface area (Å²) in [5.41, 5.74) is 4.67. The van der Waals surface area contributed by atoms with E-state index in [1.807, 2.05) is 12.0 Å². The van der Waals surface area contributed by atoms with Crippen molar-refractivity contribution < 1.29 is 14.6 Å². The number of aliphatic hydroxyl groups is 1. The summed E-state index contributed by atoms with van der Waals surface area (Å²) in [6.45, 7) is 12.4. The van der Waals surface area contributed by atoms with E-state index in [1.165, 1.54) is 50.5 Å². The van der Waals surface area contributed by atoms with Crippen LogP contribution in [0.5, 0.6) is 5.75 Å². The quantitative estimate of drug-likeness (QED) is 0.136. The van der Waals surface area contributed by atoms with Crippen molar-refractivity contribution >= 4 is 12.1 Å². The lowest BCUT2D eigenvalue weighted by atomic mass is 10.0. The zero-order chi connectivity index (χ0) is 27.8. The van der Waals surface area contributed by atoms with Crippen LogP contribution in [0.3, 0.4) is 0 Å². The lowest BCUT2D eigenvalue weighted by Gasteiger charge is -2.40. The largest absolute Gasteiger partial charge is 0.474 e. The van der Waals surface area contributed by atoms with E-state index in [2.05, 4.69) is 60.8 Å². The Morgan fingerprint density at radius 3 is 2.39 bits per heavy atom. The molecule has 2 rings (SSSR count). The van der Waals surface area contributed by atoms with Crippen LogP contribution in [-0.4, -0.2) is 71.9 Å². The molecule has 0 saturated carbocycles. The standard InChI is InChI=1S/C30H53N5O3/c1-6-9-10-11-12-13-14-15-26-16-18-28(19-17-26)38-29(20-27-23-32-30(37)24(4)21-31-27)34(7-2)35(8-3)33-22-25(5)36/h16-19,21,24-25,27,29,33,36H,6-15,20,22-23H2,1-5H3,(H,32,37). The molecule has 0 aliphatic carbocycles. The lowest BCUT2D eigenvalue weighted by Crippen LogP contribution is -2.58. The number of hydrogen-bond acceptors (Lipinski definition) is 7. The summed E-state index contributed by atoms with van der Waals surface area (Å²) in [6.07, 6.45) is 11.9. The van der Waals surface area contributed by atoms with Gasteiger partial charge >= 0.3 is 0 Å². The second-order valence-electron chi connectivity index (χ2n) is 10.5. The van der Waals surface area contributed by atoms with Gasteiger partial charge < -0.3 is 15.2 Å². The first-order valence-electron chi connectivity index (χ1n) is 14.9. The van der Waals surface area contributed by atoms with Crippen molar-refractivity contribution in [3.63, 3.8) is 0 Å². The average Bonchev–Trinajstić information content (AvgIpc) is 3.07. The Hall–Kier alpha value is -2.00. The number of ether oxygens (including phenoxy) is 1. The number of hydrazine groups is 2. The fourth-order valence-electron chi connectivity index (χ4n) is 4.69. The van der Waals surface area contributed by atoms with Crippen LogP contribution < -0.4 is 15.5 Å². The third-order valence-electron chi connectivity index (χ3n) is 7.02. The van der Waals surface area contributed by atoms with Gasteiger partial charge in [0.1, 0.15) is 5.75 Å². The number of nitrogens with one attached hydrogen (secondary N) is 2. The topological polar surface area (TPSA) is 89.4 Å². The molecule has 1 heterocycles. The van der Waals surface area contributed by atoms with Crippen LogP contribution in [0.4, 0.5) is 0 Å². The van der Waals surface area contributed by atoms with E-state index in [4.69, 9.17) is 9.73 Å². The minimum absolute atomic E-state index is 0.00592. The summed E-state index contributed by atoms with van der Waals surface area (Å²) in [5, 5.41) is 17.0. The maximum atomic E-state index is 12.1. The van der Waals surface area contributed by atoms with E-state index in [0.29, 0.717) is 32.6 Å². The van der Waals surface area contributed by atoms with Crippen molar-refractivity contribution in [2.24, 2.45) is 10.9 Å². The van der Waals surface area contributed by atoms with Gasteiger partial charge in [-0.25, -0.2) is 5.43 Å². The third-order valence-corrected chi connectivity index (χ3v) is 7.02. The summed E-state index contributed by atoms with van der Waals surface area (Å²) in [6, 6.07) is 8.40. The number of aliphatic hydroxyl groups excluding tert-OH is 1. The smallest absolute Gasteiger partial charge is 0.228 e. The number of unbranched alkanes of at least 4 members (excludes halogenated alkanes) is 6. The summed E-state index contributed by atoms with van der Waals surface area (Å²) >= 11 is 0. The molecule has 0 bridgehead atoms. The number of amides is 1. The lowest BCUT2D eigenvalue weighted by molar-refractivity contribution is -0.157. The fourth-order valence-corrected chi connectivity index (χ4v) is 4.69. The first-order valence-corrected chi connectivity index (χ1v) is 14.9. The minimum Gasteiger partial charge on any atom is -0.474 e. The number of hydrogen-bond donors (Lipinski definition) is 3. The van der Waals surface area contributed by atoms with Gasteiger partial charge in [0.15, 0.2) is 6.23 Å². The Labute approximate surface area is 231 Å². The molecule has 8 heteroatoms. The molecule has 38 heavy (non-hydrogen) atoms. The molecule has 0 fully saturated rings. The molecule has 4 unspecified atom stereocenters. The number of carbonyl (C=O) groups excluding carboxylic acids is 1. The van der Waals surface area contributed by atoms with Crippen LogP contribution in [0.25, 0.3) is 0 Å². The molecule has 0 spiro atoms. The number of benzene rings is 1. The van der Waals surface area contributed by atoms with Crippen molar-refractivity contribution in [3.8, 4) is 5.75 Å². The molecule has 3 N–H and O–H groups in total. The highest BCUT2D eigenvalue weighted by molar-refractivity contribution is 5.93. The highest BCUT2D eigenvalue weighted by Gasteiger charge is 2.29. The van der Waals surface area contributed by atoms with E-state index < -0.39 is 6.10 Å². The molecule has 1 aliphatic heterocycles. The molecular formula is C30H53N5O3. The van der Waals surface area contributed by atoms with Crippen molar-refractivity contribution in [1.29, 1.82) is 0 Å².